The first kappa shape index (κ1) is 26.4. The van der Waals surface area contributed by atoms with E-state index >= 15 is 0 Å². The Hall–Kier alpha value is -2.84. The number of esters is 1. The lowest BCUT2D eigenvalue weighted by atomic mass is 10.1. The Morgan fingerprint density at radius 2 is 1.64 bits per heavy atom. The van der Waals surface area contributed by atoms with Crippen LogP contribution in [-0.4, -0.2) is 41.7 Å². The molecule has 2 aromatic rings. The van der Waals surface area contributed by atoms with Crippen LogP contribution in [0.4, 0.5) is 13.2 Å². The van der Waals surface area contributed by atoms with Crippen LogP contribution in [0.2, 0.25) is 0 Å². The van der Waals surface area contributed by atoms with Gasteiger partial charge in [-0.3, -0.25) is 4.79 Å². The van der Waals surface area contributed by atoms with Crippen LogP contribution < -0.4 is 9.47 Å². The average Bonchev–Trinajstić information content (AvgIpc) is 2.80. The fourth-order valence-electron chi connectivity index (χ4n) is 2.89. The Kier molecular flexibility index (Phi) is 10.9. The number of hydrogen-bond acceptors (Lipinski definition) is 6. The quantitative estimate of drug-likeness (QED) is 0.245. The van der Waals surface area contributed by atoms with Gasteiger partial charge in [0, 0.05) is 18.1 Å². The predicted molar refractivity (Wildman–Crippen MR) is 118 cm³/mol. The second kappa shape index (κ2) is 13.6. The number of ether oxygens (including phenoxy) is 3. The maximum absolute atomic E-state index is 13.2. The van der Waals surface area contributed by atoms with Crippen LogP contribution in [0.1, 0.15) is 58.8 Å². The van der Waals surface area contributed by atoms with Crippen molar-refractivity contribution in [2.75, 3.05) is 13.2 Å². The molecule has 0 fully saturated rings. The summed E-state index contributed by atoms with van der Waals surface area (Å²) in [5.74, 6) is -0.239. The maximum atomic E-state index is 13.2. The molecule has 0 aliphatic heterocycles. The van der Waals surface area contributed by atoms with E-state index in [2.05, 4.69) is 21.9 Å². The first-order valence-corrected chi connectivity index (χ1v) is 11.3. The largest absolute Gasteiger partial charge is 0.494 e. The molecule has 1 unspecified atom stereocenters. The third-order valence-electron chi connectivity index (χ3n) is 4.81. The average molecular weight is 469 g/mol. The summed E-state index contributed by atoms with van der Waals surface area (Å²) in [5.41, 5.74) is 1.32. The van der Waals surface area contributed by atoms with E-state index in [0.29, 0.717) is 25.1 Å². The van der Waals surface area contributed by atoms with Gasteiger partial charge in [-0.2, -0.15) is 13.2 Å². The van der Waals surface area contributed by atoms with Gasteiger partial charge in [0.05, 0.1) is 12.3 Å². The second-order valence-corrected chi connectivity index (χ2v) is 7.62. The molecule has 1 atom stereocenters. The van der Waals surface area contributed by atoms with Crippen molar-refractivity contribution in [2.45, 2.75) is 71.1 Å². The maximum Gasteiger partial charge on any atom is 0.428 e. The fraction of sp³-hybridized carbons (Fsp3) is 0.542. The van der Waals surface area contributed by atoms with E-state index in [9.17, 15) is 18.0 Å². The van der Waals surface area contributed by atoms with Crippen molar-refractivity contribution in [3.8, 4) is 22.9 Å². The van der Waals surface area contributed by atoms with Gasteiger partial charge in [-0.1, -0.05) is 39.5 Å². The highest BCUT2D eigenvalue weighted by molar-refractivity contribution is 5.69. The van der Waals surface area contributed by atoms with Gasteiger partial charge >= 0.3 is 12.1 Å². The van der Waals surface area contributed by atoms with E-state index in [0.717, 1.165) is 24.2 Å². The van der Waals surface area contributed by atoms with Crippen molar-refractivity contribution < 1.29 is 32.2 Å². The molecule has 0 aliphatic carbocycles. The number of unbranched alkanes of at least 4 members (excludes halogenated alkanes) is 4. The topological polar surface area (TPSA) is 70.5 Å². The lowest BCUT2D eigenvalue weighted by molar-refractivity contribution is -0.227. The summed E-state index contributed by atoms with van der Waals surface area (Å²) in [5, 5.41) is 7.84. The summed E-state index contributed by atoms with van der Waals surface area (Å²) < 4.78 is 54.8. The van der Waals surface area contributed by atoms with Gasteiger partial charge in [0.25, 0.3) is 0 Å². The third kappa shape index (κ3) is 9.67. The SMILES string of the molecule is CCCCCCOc1ccc(-c2ccc(OCC(OC(=O)CCCC)C(F)(F)F)nn2)cc1. The number of alkyl halides is 3. The van der Waals surface area contributed by atoms with Gasteiger partial charge in [0.15, 0.2) is 0 Å². The number of rotatable bonds is 14. The van der Waals surface area contributed by atoms with Crippen LogP contribution in [0.15, 0.2) is 36.4 Å². The number of halogens is 3. The fourth-order valence-corrected chi connectivity index (χ4v) is 2.89. The molecule has 33 heavy (non-hydrogen) atoms. The van der Waals surface area contributed by atoms with E-state index in [1.54, 1.807) is 6.07 Å². The standard InChI is InChI=1S/C24H31F3N2O4/c1-3-5-7-8-16-31-19-12-10-18(11-13-19)20-14-15-22(29-28-20)32-17-21(24(25,26)27)33-23(30)9-6-4-2/h10-15,21H,3-9,16-17H2,1-2H3. The summed E-state index contributed by atoms with van der Waals surface area (Å²) in [6.07, 6.45) is -1.51. The normalized spacial score (nSPS) is 12.3. The first-order chi connectivity index (χ1) is 15.8. The van der Waals surface area contributed by atoms with Crippen LogP contribution in [0.25, 0.3) is 11.3 Å². The van der Waals surface area contributed by atoms with Crippen molar-refractivity contribution in [3.63, 3.8) is 0 Å². The van der Waals surface area contributed by atoms with Crippen LogP contribution in [0, 0.1) is 0 Å². The summed E-state index contributed by atoms with van der Waals surface area (Å²) >= 11 is 0. The Morgan fingerprint density at radius 1 is 0.909 bits per heavy atom. The van der Waals surface area contributed by atoms with Gasteiger partial charge in [0.2, 0.25) is 12.0 Å². The zero-order chi connectivity index (χ0) is 24.1. The smallest absolute Gasteiger partial charge is 0.428 e. The molecule has 0 amide bonds. The summed E-state index contributed by atoms with van der Waals surface area (Å²) in [4.78, 5) is 11.6. The zero-order valence-corrected chi connectivity index (χ0v) is 19.1. The highest BCUT2D eigenvalue weighted by Crippen LogP contribution is 2.25. The molecule has 6 nitrogen and oxygen atoms in total. The summed E-state index contributed by atoms with van der Waals surface area (Å²) in [7, 11) is 0. The van der Waals surface area contributed by atoms with E-state index in [1.165, 1.54) is 18.9 Å². The van der Waals surface area contributed by atoms with E-state index in [-0.39, 0.29) is 12.3 Å². The first-order valence-electron chi connectivity index (χ1n) is 11.3. The van der Waals surface area contributed by atoms with Crippen LogP contribution in [0.3, 0.4) is 0 Å². The second-order valence-electron chi connectivity index (χ2n) is 7.62. The number of aromatic nitrogens is 2. The molecule has 0 saturated heterocycles. The third-order valence-corrected chi connectivity index (χ3v) is 4.81. The monoisotopic (exact) mass is 468 g/mol. The molecule has 2 rings (SSSR count). The van der Waals surface area contributed by atoms with Crippen molar-refractivity contribution >= 4 is 5.97 Å². The van der Waals surface area contributed by atoms with Crippen LogP contribution in [-0.2, 0) is 9.53 Å². The molecule has 1 aromatic heterocycles. The number of carbonyl (C=O) groups is 1. The molecule has 1 aromatic carbocycles. The minimum absolute atomic E-state index is 0.0692. The lowest BCUT2D eigenvalue weighted by Gasteiger charge is -2.20. The highest BCUT2D eigenvalue weighted by atomic mass is 19.4. The molecule has 0 bridgehead atoms. The van der Waals surface area contributed by atoms with Gasteiger partial charge in [-0.25, -0.2) is 0 Å². The number of nitrogens with zero attached hydrogens (tertiary/aromatic N) is 2. The molecule has 1 heterocycles. The molecule has 0 spiro atoms. The minimum Gasteiger partial charge on any atom is -0.494 e. The zero-order valence-electron chi connectivity index (χ0n) is 19.1. The minimum atomic E-state index is -4.74. The molecule has 0 aliphatic rings. The molecule has 0 N–H and O–H groups in total. The van der Waals surface area contributed by atoms with E-state index < -0.39 is 24.9 Å². The Morgan fingerprint density at radius 3 is 2.24 bits per heavy atom. The van der Waals surface area contributed by atoms with Gasteiger partial charge in [0.1, 0.15) is 12.4 Å². The van der Waals surface area contributed by atoms with E-state index in [1.807, 2.05) is 31.2 Å². The van der Waals surface area contributed by atoms with Gasteiger partial charge < -0.3 is 14.2 Å². The summed E-state index contributed by atoms with van der Waals surface area (Å²) in [6.45, 7) is 3.77. The van der Waals surface area contributed by atoms with Crippen molar-refractivity contribution in [2.24, 2.45) is 0 Å². The Labute approximate surface area is 192 Å². The number of hydrogen-bond donors (Lipinski definition) is 0. The highest BCUT2D eigenvalue weighted by Gasteiger charge is 2.43. The Balaban J connectivity index is 1.88. The van der Waals surface area contributed by atoms with Crippen molar-refractivity contribution in [3.05, 3.63) is 36.4 Å². The molecule has 9 heteroatoms. The van der Waals surface area contributed by atoms with E-state index in [4.69, 9.17) is 9.47 Å². The molecule has 0 saturated carbocycles. The molecular weight excluding hydrogens is 437 g/mol. The molecule has 0 radical (unpaired) electrons. The van der Waals surface area contributed by atoms with Crippen molar-refractivity contribution in [1.29, 1.82) is 0 Å². The Bertz CT molecular complexity index is 827. The van der Waals surface area contributed by atoms with Crippen LogP contribution >= 0.6 is 0 Å². The number of carbonyl (C=O) groups excluding carboxylic acids is 1. The molecular formula is C24H31F3N2O4. The number of benzene rings is 1. The van der Waals surface area contributed by atoms with Gasteiger partial charge in [-0.15, -0.1) is 10.2 Å². The van der Waals surface area contributed by atoms with Crippen LogP contribution in [0.5, 0.6) is 11.6 Å². The van der Waals surface area contributed by atoms with Gasteiger partial charge in [-0.05, 0) is 43.2 Å². The lowest BCUT2D eigenvalue weighted by Crippen LogP contribution is -2.38. The summed E-state index contributed by atoms with van der Waals surface area (Å²) in [6, 6.07) is 10.4. The predicted octanol–water partition coefficient (Wildman–Crippen LogP) is 6.15. The molecule has 182 valence electrons. The van der Waals surface area contributed by atoms with Crippen molar-refractivity contribution in [1.82, 2.24) is 10.2 Å².